The number of allylic oxidation sites excluding steroid dienone is 16. The van der Waals surface area contributed by atoms with Crippen molar-refractivity contribution in [1.29, 1.82) is 0 Å². The number of carbonyl (C=O) groups excluding carboxylic acids is 3. The monoisotopic (exact) mass is 1040 g/mol. The van der Waals surface area contributed by atoms with Gasteiger partial charge >= 0.3 is 17.9 Å². The number of hydrogen-bond donors (Lipinski definition) is 0. The van der Waals surface area contributed by atoms with Crippen molar-refractivity contribution in [3.63, 3.8) is 0 Å². The third-order valence-corrected chi connectivity index (χ3v) is 13.6. The van der Waals surface area contributed by atoms with Crippen LogP contribution in [0.1, 0.15) is 303 Å². The van der Waals surface area contributed by atoms with E-state index in [1.165, 1.54) is 128 Å². The van der Waals surface area contributed by atoms with E-state index in [-0.39, 0.29) is 31.1 Å². The Kier molecular flexibility index (Phi) is 59.8. The Morgan fingerprint density at radius 3 is 0.867 bits per heavy atom. The summed E-state index contributed by atoms with van der Waals surface area (Å²) < 4.78 is 16.9. The molecule has 0 aromatic rings. The van der Waals surface area contributed by atoms with Gasteiger partial charge < -0.3 is 14.2 Å². The minimum absolute atomic E-state index is 0.0844. The molecule has 0 aromatic carbocycles. The first-order chi connectivity index (χ1) is 37.0. The average molecular weight is 1040 g/mol. The smallest absolute Gasteiger partial charge is 0.306 e. The van der Waals surface area contributed by atoms with E-state index in [2.05, 4.69) is 118 Å². The second kappa shape index (κ2) is 62.9. The number of hydrogen-bond acceptors (Lipinski definition) is 6. The van der Waals surface area contributed by atoms with Crippen LogP contribution >= 0.6 is 0 Å². The Morgan fingerprint density at radius 1 is 0.280 bits per heavy atom. The van der Waals surface area contributed by atoms with Crippen LogP contribution in [0.3, 0.4) is 0 Å². The Balaban J connectivity index is 4.32. The minimum atomic E-state index is -0.786. The van der Waals surface area contributed by atoms with E-state index in [4.69, 9.17) is 14.2 Å². The molecule has 0 aliphatic heterocycles. The molecule has 0 N–H and O–H groups in total. The van der Waals surface area contributed by atoms with Crippen LogP contribution in [0.25, 0.3) is 0 Å². The van der Waals surface area contributed by atoms with Crippen LogP contribution in [0.15, 0.2) is 97.2 Å². The van der Waals surface area contributed by atoms with Crippen LogP contribution < -0.4 is 0 Å². The maximum absolute atomic E-state index is 12.9. The van der Waals surface area contributed by atoms with Gasteiger partial charge in [0.15, 0.2) is 6.10 Å². The third kappa shape index (κ3) is 61.1. The van der Waals surface area contributed by atoms with Gasteiger partial charge in [0.1, 0.15) is 13.2 Å². The highest BCUT2D eigenvalue weighted by molar-refractivity contribution is 5.71. The molecule has 430 valence electrons. The molecule has 0 heterocycles. The molecule has 1 atom stereocenters. The van der Waals surface area contributed by atoms with Crippen molar-refractivity contribution < 1.29 is 28.6 Å². The lowest BCUT2D eigenvalue weighted by molar-refractivity contribution is -0.167. The van der Waals surface area contributed by atoms with Gasteiger partial charge in [0.05, 0.1) is 0 Å². The van der Waals surface area contributed by atoms with Crippen molar-refractivity contribution >= 4 is 17.9 Å². The standard InChI is InChI=1S/C69H118O6/c1-4-7-10-13-16-19-22-25-27-29-30-31-32-33-34-35-36-37-38-40-41-44-47-50-53-56-59-62-68(71)74-65-66(64-73-67(70)61-58-55-52-49-46-43-24-21-18-15-12-9-6-3)75-69(72)63-60-57-54-51-48-45-42-39-28-26-23-20-17-14-11-8-5-2/h7,10,12,15-16,19,21,24-25,27,30-31,33-34,36-37,66H,4-6,8-9,11,13-14,17-18,20,22-23,26,28-29,32,35,38-65H2,1-3H3/b10-7-,15-12-,19-16-,24-21-,27-25-,31-30-,34-33-,37-36-. The van der Waals surface area contributed by atoms with Crippen LogP contribution in [-0.2, 0) is 28.6 Å². The molecule has 75 heavy (non-hydrogen) atoms. The lowest BCUT2D eigenvalue weighted by Crippen LogP contribution is -2.30. The van der Waals surface area contributed by atoms with E-state index in [0.29, 0.717) is 19.3 Å². The number of ether oxygens (including phenoxy) is 3. The number of rotatable bonds is 57. The molecule has 0 rings (SSSR count). The van der Waals surface area contributed by atoms with Crippen molar-refractivity contribution in [2.45, 2.75) is 309 Å². The summed E-state index contributed by atoms with van der Waals surface area (Å²) in [6.45, 7) is 6.47. The average Bonchev–Trinajstić information content (AvgIpc) is 3.41. The molecule has 6 nitrogen and oxygen atoms in total. The fraction of sp³-hybridized carbons (Fsp3) is 0.725. The van der Waals surface area contributed by atoms with Gasteiger partial charge in [0, 0.05) is 19.3 Å². The zero-order chi connectivity index (χ0) is 54.3. The molecule has 0 aliphatic rings. The molecule has 6 heteroatoms. The zero-order valence-corrected chi connectivity index (χ0v) is 49.3. The van der Waals surface area contributed by atoms with Gasteiger partial charge in [0.25, 0.3) is 0 Å². The van der Waals surface area contributed by atoms with Crippen LogP contribution in [0, 0.1) is 0 Å². The normalized spacial score (nSPS) is 12.7. The molecule has 0 fully saturated rings. The Labute approximate surface area is 464 Å². The van der Waals surface area contributed by atoms with E-state index in [1.807, 2.05) is 0 Å². The summed E-state index contributed by atoms with van der Waals surface area (Å²) >= 11 is 0. The summed E-state index contributed by atoms with van der Waals surface area (Å²) in [4.78, 5) is 38.3. The fourth-order valence-corrected chi connectivity index (χ4v) is 8.84. The molecule has 0 saturated carbocycles. The van der Waals surface area contributed by atoms with Crippen molar-refractivity contribution in [3.8, 4) is 0 Å². The van der Waals surface area contributed by atoms with E-state index in [1.54, 1.807) is 0 Å². The van der Waals surface area contributed by atoms with Gasteiger partial charge in [0.2, 0.25) is 0 Å². The van der Waals surface area contributed by atoms with Crippen molar-refractivity contribution in [1.82, 2.24) is 0 Å². The Bertz CT molecular complexity index is 1480. The molecule has 0 spiro atoms. The Morgan fingerprint density at radius 2 is 0.547 bits per heavy atom. The molecule has 0 aromatic heterocycles. The van der Waals surface area contributed by atoms with Crippen LogP contribution in [0.5, 0.6) is 0 Å². The second-order valence-corrected chi connectivity index (χ2v) is 20.9. The zero-order valence-electron chi connectivity index (χ0n) is 49.3. The fourth-order valence-electron chi connectivity index (χ4n) is 8.84. The molecule has 0 aliphatic carbocycles. The summed E-state index contributed by atoms with van der Waals surface area (Å²) in [5.41, 5.74) is 0. The lowest BCUT2D eigenvalue weighted by Gasteiger charge is -2.18. The molecule has 0 amide bonds. The molecule has 0 bridgehead atoms. The van der Waals surface area contributed by atoms with E-state index < -0.39 is 6.10 Å². The highest BCUT2D eigenvalue weighted by Gasteiger charge is 2.19. The van der Waals surface area contributed by atoms with Crippen LogP contribution in [0.2, 0.25) is 0 Å². The number of carbonyl (C=O) groups is 3. The third-order valence-electron chi connectivity index (χ3n) is 13.6. The molecule has 0 saturated heterocycles. The van der Waals surface area contributed by atoms with Gasteiger partial charge in [-0.05, 0) is 96.3 Å². The summed E-state index contributed by atoms with van der Waals surface area (Å²) in [7, 11) is 0. The predicted molar refractivity (Wildman–Crippen MR) is 325 cm³/mol. The molecular formula is C69H118O6. The SMILES string of the molecule is CC/C=C\C/C=C\C/C=C\C/C=C\C/C=C\C/C=C\CCCCCCCCCCC(=O)OCC(COC(=O)CCCCCCC/C=C\C/C=C\CCC)OC(=O)CCCCCCCCCCCCCCCCCCC. The van der Waals surface area contributed by atoms with E-state index >= 15 is 0 Å². The van der Waals surface area contributed by atoms with Gasteiger partial charge in [-0.25, -0.2) is 0 Å². The molecule has 1 unspecified atom stereocenters. The van der Waals surface area contributed by atoms with Gasteiger partial charge in [-0.1, -0.05) is 285 Å². The largest absolute Gasteiger partial charge is 0.462 e. The van der Waals surface area contributed by atoms with Crippen LogP contribution in [-0.4, -0.2) is 37.2 Å². The van der Waals surface area contributed by atoms with Gasteiger partial charge in [-0.15, -0.1) is 0 Å². The summed E-state index contributed by atoms with van der Waals surface area (Å²) in [6, 6.07) is 0. The highest BCUT2D eigenvalue weighted by Crippen LogP contribution is 2.16. The maximum Gasteiger partial charge on any atom is 0.306 e. The first kappa shape index (κ1) is 71.3. The number of unbranched alkanes of at least 4 members (excludes halogenated alkanes) is 30. The summed E-state index contributed by atoms with van der Waals surface area (Å²) in [6.07, 6.45) is 84.1. The van der Waals surface area contributed by atoms with Gasteiger partial charge in [-0.2, -0.15) is 0 Å². The van der Waals surface area contributed by atoms with E-state index in [9.17, 15) is 14.4 Å². The summed E-state index contributed by atoms with van der Waals surface area (Å²) in [5, 5.41) is 0. The van der Waals surface area contributed by atoms with E-state index in [0.717, 1.165) is 135 Å². The predicted octanol–water partition coefficient (Wildman–Crippen LogP) is 21.7. The van der Waals surface area contributed by atoms with Crippen molar-refractivity contribution in [2.75, 3.05) is 13.2 Å². The van der Waals surface area contributed by atoms with Gasteiger partial charge in [-0.3, -0.25) is 14.4 Å². The minimum Gasteiger partial charge on any atom is -0.462 e. The molecule has 0 radical (unpaired) electrons. The number of esters is 3. The second-order valence-electron chi connectivity index (χ2n) is 20.9. The first-order valence-corrected chi connectivity index (χ1v) is 31.7. The van der Waals surface area contributed by atoms with Crippen molar-refractivity contribution in [3.05, 3.63) is 97.2 Å². The maximum atomic E-state index is 12.9. The highest BCUT2D eigenvalue weighted by atomic mass is 16.6. The Hall–Kier alpha value is -3.67. The quantitative estimate of drug-likeness (QED) is 0.0261. The summed E-state index contributed by atoms with van der Waals surface area (Å²) in [5.74, 6) is -0.895. The molecular weight excluding hydrogens is 925 g/mol. The van der Waals surface area contributed by atoms with Crippen molar-refractivity contribution in [2.24, 2.45) is 0 Å². The topological polar surface area (TPSA) is 78.9 Å². The first-order valence-electron chi connectivity index (χ1n) is 31.7. The lowest BCUT2D eigenvalue weighted by atomic mass is 10.0. The van der Waals surface area contributed by atoms with Crippen LogP contribution in [0.4, 0.5) is 0 Å².